The summed E-state index contributed by atoms with van der Waals surface area (Å²) in [6, 6.07) is 13.5. The summed E-state index contributed by atoms with van der Waals surface area (Å²) in [7, 11) is 5.05. The highest BCUT2D eigenvalue weighted by Crippen LogP contribution is 2.35. The Morgan fingerprint density at radius 2 is 1.85 bits per heavy atom. The fourth-order valence-electron chi connectivity index (χ4n) is 5.17. The molecule has 3 aromatic rings. The molecule has 1 fully saturated rings. The summed E-state index contributed by atoms with van der Waals surface area (Å²) in [4.78, 5) is 16.5. The highest BCUT2D eigenvalue weighted by Gasteiger charge is 2.26. The van der Waals surface area contributed by atoms with Gasteiger partial charge in [-0.15, -0.1) is 0 Å². The van der Waals surface area contributed by atoms with Crippen LogP contribution in [0.3, 0.4) is 0 Å². The van der Waals surface area contributed by atoms with E-state index in [1.165, 1.54) is 12.8 Å². The molecule has 2 aromatic carbocycles. The molecule has 0 saturated carbocycles. The van der Waals surface area contributed by atoms with Crippen molar-refractivity contribution in [3.63, 3.8) is 0 Å². The molecule has 1 aliphatic heterocycles. The van der Waals surface area contributed by atoms with Gasteiger partial charge >= 0.3 is 0 Å². The molecule has 0 unspecified atom stereocenters. The van der Waals surface area contributed by atoms with Crippen molar-refractivity contribution in [2.75, 3.05) is 52.8 Å². The second kappa shape index (κ2) is 12.2. The molecule has 5 rings (SSSR count). The zero-order chi connectivity index (χ0) is 27.2. The maximum atomic E-state index is 6.58. The molecule has 0 spiro atoms. The number of aryl methyl sites for hydroxylation is 1. The SMILES string of the molecule is CN=C(C1=C(N)CCc2cnc(Nc3ccc(OCCN4CCCC4)cc3OC)nc21)c1ccccc1OC. The molecular formula is C30H36N6O3. The molecule has 0 radical (unpaired) electrons. The Morgan fingerprint density at radius 1 is 1.05 bits per heavy atom. The van der Waals surface area contributed by atoms with Gasteiger partial charge in [0.05, 0.1) is 31.3 Å². The van der Waals surface area contributed by atoms with Crippen LogP contribution in [-0.4, -0.2) is 68.1 Å². The first-order valence-corrected chi connectivity index (χ1v) is 13.4. The van der Waals surface area contributed by atoms with E-state index in [-0.39, 0.29) is 0 Å². The number of nitrogens with two attached hydrogens (primary N) is 1. The number of methoxy groups -OCH3 is 2. The Bertz CT molecular complexity index is 1380. The van der Waals surface area contributed by atoms with E-state index < -0.39 is 0 Å². The topological polar surface area (TPSA) is 107 Å². The van der Waals surface area contributed by atoms with Crippen LogP contribution in [0.25, 0.3) is 5.57 Å². The number of hydrogen-bond acceptors (Lipinski definition) is 9. The van der Waals surface area contributed by atoms with Crippen LogP contribution >= 0.6 is 0 Å². The highest BCUT2D eigenvalue weighted by molar-refractivity contribution is 6.33. The first-order chi connectivity index (χ1) is 19.1. The van der Waals surface area contributed by atoms with Gasteiger partial charge in [0.1, 0.15) is 23.9 Å². The summed E-state index contributed by atoms with van der Waals surface area (Å²) in [6.45, 7) is 3.89. The number of fused-ring (bicyclic) bond motifs is 1. The lowest BCUT2D eigenvalue weighted by atomic mass is 9.88. The van der Waals surface area contributed by atoms with Crippen LogP contribution in [0.2, 0.25) is 0 Å². The molecule has 1 saturated heterocycles. The van der Waals surface area contributed by atoms with Crippen LogP contribution in [0, 0.1) is 0 Å². The van der Waals surface area contributed by atoms with E-state index in [2.05, 4.69) is 20.2 Å². The summed E-state index contributed by atoms with van der Waals surface area (Å²) in [6.07, 6.45) is 5.88. The average molecular weight is 529 g/mol. The summed E-state index contributed by atoms with van der Waals surface area (Å²) < 4.78 is 17.3. The fourth-order valence-corrected chi connectivity index (χ4v) is 5.17. The number of nitrogens with one attached hydrogen (secondary N) is 1. The van der Waals surface area contributed by atoms with Crippen LogP contribution in [0.15, 0.2) is 59.4 Å². The first-order valence-electron chi connectivity index (χ1n) is 13.4. The van der Waals surface area contributed by atoms with Crippen molar-refractivity contribution in [1.29, 1.82) is 0 Å². The van der Waals surface area contributed by atoms with Crippen molar-refractivity contribution in [2.45, 2.75) is 25.7 Å². The van der Waals surface area contributed by atoms with E-state index in [1.54, 1.807) is 21.3 Å². The molecule has 2 heterocycles. The van der Waals surface area contributed by atoms with Gasteiger partial charge in [0, 0.05) is 42.7 Å². The quantitative estimate of drug-likeness (QED) is 0.372. The molecule has 204 valence electrons. The summed E-state index contributed by atoms with van der Waals surface area (Å²) in [5.41, 5.74) is 12.3. The van der Waals surface area contributed by atoms with E-state index in [0.29, 0.717) is 24.7 Å². The standard InChI is InChI=1S/C30H36N6O3/c1-32-29(22-8-4-5-9-25(22)37-2)27-23(31)12-10-20-19-33-30(35-28(20)27)34-24-13-11-21(18-26(24)38-3)39-17-16-36-14-6-7-15-36/h4-5,8-9,11,13,18-19H,6-7,10,12,14-17,31H2,1-3H3,(H,33,34,35). The Balaban J connectivity index is 1.39. The van der Waals surface area contributed by atoms with Gasteiger partial charge in [0.15, 0.2) is 0 Å². The van der Waals surface area contributed by atoms with Crippen LogP contribution in [0.1, 0.15) is 36.1 Å². The second-order valence-corrected chi connectivity index (χ2v) is 9.62. The third-order valence-electron chi connectivity index (χ3n) is 7.20. The van der Waals surface area contributed by atoms with Crippen molar-refractivity contribution < 1.29 is 14.2 Å². The third-order valence-corrected chi connectivity index (χ3v) is 7.20. The predicted octanol–water partition coefficient (Wildman–Crippen LogP) is 4.45. The van der Waals surface area contributed by atoms with Crippen molar-refractivity contribution >= 4 is 22.9 Å². The molecule has 1 aliphatic carbocycles. The maximum absolute atomic E-state index is 6.58. The van der Waals surface area contributed by atoms with E-state index in [9.17, 15) is 0 Å². The first kappa shape index (κ1) is 26.5. The number of hydrogen-bond donors (Lipinski definition) is 2. The minimum Gasteiger partial charge on any atom is -0.496 e. The highest BCUT2D eigenvalue weighted by atomic mass is 16.5. The summed E-state index contributed by atoms with van der Waals surface area (Å²) in [5.74, 6) is 2.58. The second-order valence-electron chi connectivity index (χ2n) is 9.62. The van der Waals surface area contributed by atoms with Crippen LogP contribution in [-0.2, 0) is 6.42 Å². The monoisotopic (exact) mass is 528 g/mol. The lowest BCUT2D eigenvalue weighted by Crippen LogP contribution is -2.25. The van der Waals surface area contributed by atoms with Crippen molar-refractivity contribution in [3.05, 3.63) is 71.2 Å². The van der Waals surface area contributed by atoms with E-state index in [1.807, 2.05) is 48.7 Å². The molecule has 9 nitrogen and oxygen atoms in total. The van der Waals surface area contributed by atoms with Gasteiger partial charge in [-0.1, -0.05) is 12.1 Å². The van der Waals surface area contributed by atoms with Gasteiger partial charge in [-0.25, -0.2) is 9.97 Å². The van der Waals surface area contributed by atoms with Gasteiger partial charge in [0.25, 0.3) is 0 Å². The number of para-hydroxylation sites is 1. The van der Waals surface area contributed by atoms with Crippen molar-refractivity contribution in [1.82, 2.24) is 14.9 Å². The zero-order valence-corrected chi connectivity index (χ0v) is 22.9. The molecule has 9 heteroatoms. The number of aromatic nitrogens is 2. The zero-order valence-electron chi connectivity index (χ0n) is 22.9. The van der Waals surface area contributed by atoms with Crippen molar-refractivity contribution in [3.8, 4) is 17.2 Å². The van der Waals surface area contributed by atoms with E-state index in [0.717, 1.165) is 77.0 Å². The number of benzene rings is 2. The molecular weight excluding hydrogens is 492 g/mol. The lowest BCUT2D eigenvalue weighted by molar-refractivity contribution is 0.237. The number of nitrogens with zero attached hydrogens (tertiary/aromatic N) is 4. The van der Waals surface area contributed by atoms with Crippen LogP contribution < -0.4 is 25.3 Å². The number of ether oxygens (including phenoxy) is 3. The number of aliphatic imine (C=N–C) groups is 1. The third kappa shape index (κ3) is 5.83. The van der Waals surface area contributed by atoms with Crippen LogP contribution in [0.5, 0.6) is 17.2 Å². The van der Waals surface area contributed by atoms with Crippen LogP contribution in [0.4, 0.5) is 11.6 Å². The maximum Gasteiger partial charge on any atom is 0.227 e. The Hall–Kier alpha value is -4.11. The van der Waals surface area contributed by atoms with Gasteiger partial charge in [-0.2, -0.15) is 0 Å². The Kier molecular flexibility index (Phi) is 8.27. The number of likely N-dealkylation sites (tertiary alicyclic amines) is 1. The van der Waals surface area contributed by atoms with Gasteiger partial charge in [0.2, 0.25) is 5.95 Å². The number of allylic oxidation sites excluding steroid dienone is 2. The predicted molar refractivity (Wildman–Crippen MR) is 154 cm³/mol. The largest absolute Gasteiger partial charge is 0.496 e. The Labute approximate surface area is 229 Å². The average Bonchev–Trinajstić information content (AvgIpc) is 3.49. The minimum atomic E-state index is 0.442. The molecule has 3 N–H and O–H groups in total. The molecule has 0 bridgehead atoms. The minimum absolute atomic E-state index is 0.442. The molecule has 1 aromatic heterocycles. The van der Waals surface area contributed by atoms with E-state index >= 15 is 0 Å². The molecule has 39 heavy (non-hydrogen) atoms. The van der Waals surface area contributed by atoms with E-state index in [4.69, 9.17) is 24.9 Å². The summed E-state index contributed by atoms with van der Waals surface area (Å²) in [5, 5.41) is 3.32. The number of anilines is 2. The van der Waals surface area contributed by atoms with Gasteiger partial charge in [-0.05, 0) is 68.6 Å². The van der Waals surface area contributed by atoms with Gasteiger partial charge < -0.3 is 25.3 Å². The molecule has 0 amide bonds. The van der Waals surface area contributed by atoms with Gasteiger partial charge in [-0.3, -0.25) is 9.89 Å². The Morgan fingerprint density at radius 3 is 2.62 bits per heavy atom. The number of rotatable bonds is 10. The fraction of sp³-hybridized carbons (Fsp3) is 0.367. The van der Waals surface area contributed by atoms with Crippen molar-refractivity contribution in [2.24, 2.45) is 10.7 Å². The molecule has 0 atom stereocenters. The molecule has 2 aliphatic rings. The lowest BCUT2D eigenvalue weighted by Gasteiger charge is -2.23. The smallest absolute Gasteiger partial charge is 0.227 e. The summed E-state index contributed by atoms with van der Waals surface area (Å²) >= 11 is 0. The normalized spacial score (nSPS) is 15.7.